The maximum absolute atomic E-state index is 11.0. The van der Waals surface area contributed by atoms with Crippen LogP contribution in [0, 0.1) is 0 Å². The second-order valence-corrected chi connectivity index (χ2v) is 7.94. The Balaban J connectivity index is 1.33. The molecule has 0 aliphatic carbocycles. The molecule has 1 saturated heterocycles. The van der Waals surface area contributed by atoms with E-state index in [1.807, 2.05) is 53.0 Å². The first-order valence-corrected chi connectivity index (χ1v) is 10.5. The molecule has 4 aromatic rings. The Morgan fingerprint density at radius 2 is 1.91 bits per heavy atom. The van der Waals surface area contributed by atoms with Gasteiger partial charge in [-0.2, -0.15) is 0 Å². The number of primary amides is 1. The number of rotatable bonds is 7. The van der Waals surface area contributed by atoms with Gasteiger partial charge in [0.2, 0.25) is 11.9 Å². The number of aromatic nitrogens is 3. The molecule has 1 aliphatic rings. The molecule has 1 aliphatic heterocycles. The summed E-state index contributed by atoms with van der Waals surface area (Å²) in [5, 5.41) is 7.98. The lowest BCUT2D eigenvalue weighted by Gasteiger charge is -2.38. The molecule has 0 atom stereocenters. The highest BCUT2D eigenvalue weighted by Gasteiger charge is 2.28. The molecule has 0 spiro atoms. The molecule has 1 fully saturated rings. The van der Waals surface area contributed by atoms with Gasteiger partial charge in [-0.1, -0.05) is 24.3 Å². The standard InChI is InChI=1S/C24H24N6O2/c1-32-22-5-3-2-4-20(22)21-11-10-19-12-26-24(28-30(19)21)27-18-8-6-16(7-9-18)17-13-29(14-17)15-23(25)31/h2-12,17H,13-15H2,1H3,(H2,25,31)(H,27,28). The summed E-state index contributed by atoms with van der Waals surface area (Å²) in [7, 11) is 1.67. The highest BCUT2D eigenvalue weighted by molar-refractivity contribution is 5.76. The van der Waals surface area contributed by atoms with Crippen molar-refractivity contribution in [2.75, 3.05) is 32.1 Å². The van der Waals surface area contributed by atoms with Gasteiger partial charge in [0.25, 0.3) is 0 Å². The number of amides is 1. The van der Waals surface area contributed by atoms with Crippen molar-refractivity contribution in [2.45, 2.75) is 5.92 Å². The third-order valence-corrected chi connectivity index (χ3v) is 5.76. The van der Waals surface area contributed by atoms with E-state index >= 15 is 0 Å². The second-order valence-electron chi connectivity index (χ2n) is 7.94. The van der Waals surface area contributed by atoms with E-state index in [1.165, 1.54) is 5.56 Å². The van der Waals surface area contributed by atoms with Gasteiger partial charge < -0.3 is 15.8 Å². The molecule has 32 heavy (non-hydrogen) atoms. The molecule has 8 heteroatoms. The van der Waals surface area contributed by atoms with Gasteiger partial charge in [0.1, 0.15) is 5.75 Å². The number of likely N-dealkylation sites (tertiary alicyclic amines) is 1. The molecule has 2 aromatic carbocycles. The minimum Gasteiger partial charge on any atom is -0.496 e. The van der Waals surface area contributed by atoms with E-state index in [-0.39, 0.29) is 5.91 Å². The van der Waals surface area contributed by atoms with Gasteiger partial charge in [-0.3, -0.25) is 9.69 Å². The Morgan fingerprint density at radius 1 is 1.12 bits per heavy atom. The van der Waals surface area contributed by atoms with E-state index in [9.17, 15) is 4.79 Å². The Morgan fingerprint density at radius 3 is 2.66 bits per heavy atom. The smallest absolute Gasteiger partial charge is 0.245 e. The molecule has 2 aromatic heterocycles. The summed E-state index contributed by atoms with van der Waals surface area (Å²) in [6.07, 6.45) is 1.80. The van der Waals surface area contributed by atoms with Crippen molar-refractivity contribution in [1.82, 2.24) is 19.5 Å². The van der Waals surface area contributed by atoms with Crippen LogP contribution in [-0.4, -0.2) is 52.1 Å². The molecule has 0 saturated carbocycles. The number of nitrogens with zero attached hydrogens (tertiary/aromatic N) is 4. The fourth-order valence-electron chi connectivity index (χ4n) is 4.12. The predicted molar refractivity (Wildman–Crippen MR) is 123 cm³/mol. The van der Waals surface area contributed by atoms with Crippen molar-refractivity contribution in [3.05, 3.63) is 72.4 Å². The first-order chi connectivity index (χ1) is 15.6. The molecule has 162 valence electrons. The van der Waals surface area contributed by atoms with Gasteiger partial charge in [-0.15, -0.1) is 5.10 Å². The lowest BCUT2D eigenvalue weighted by Crippen LogP contribution is -2.48. The monoisotopic (exact) mass is 428 g/mol. The van der Waals surface area contributed by atoms with Crippen molar-refractivity contribution in [3.8, 4) is 17.0 Å². The summed E-state index contributed by atoms with van der Waals surface area (Å²) in [5.74, 6) is 1.45. The third-order valence-electron chi connectivity index (χ3n) is 5.76. The fraction of sp³-hybridized carbons (Fsp3) is 0.208. The minimum atomic E-state index is -0.281. The normalized spacial score (nSPS) is 14.3. The third kappa shape index (κ3) is 3.88. The van der Waals surface area contributed by atoms with Crippen molar-refractivity contribution >= 4 is 23.1 Å². The highest BCUT2D eigenvalue weighted by Crippen LogP contribution is 2.31. The zero-order valence-corrected chi connectivity index (χ0v) is 17.7. The van der Waals surface area contributed by atoms with Crippen molar-refractivity contribution in [3.63, 3.8) is 0 Å². The number of ether oxygens (including phenoxy) is 1. The van der Waals surface area contributed by atoms with Gasteiger partial charge in [-0.05, 0) is 42.0 Å². The van der Waals surface area contributed by atoms with Crippen LogP contribution in [-0.2, 0) is 4.79 Å². The molecular weight excluding hydrogens is 404 g/mol. The van der Waals surface area contributed by atoms with Crippen LogP contribution < -0.4 is 15.8 Å². The van der Waals surface area contributed by atoms with E-state index in [0.29, 0.717) is 18.4 Å². The van der Waals surface area contributed by atoms with Crippen LogP contribution >= 0.6 is 0 Å². The summed E-state index contributed by atoms with van der Waals surface area (Å²) in [6.45, 7) is 2.04. The molecule has 3 N–H and O–H groups in total. The molecular formula is C24H24N6O2. The molecule has 5 rings (SSSR count). The number of anilines is 2. The molecule has 0 bridgehead atoms. The van der Waals surface area contributed by atoms with Gasteiger partial charge in [0.05, 0.1) is 31.1 Å². The predicted octanol–water partition coefficient (Wildman–Crippen LogP) is 3.03. The number of carbonyl (C=O) groups excluding carboxylic acids is 1. The number of nitrogens with two attached hydrogens (primary N) is 1. The number of nitrogens with one attached hydrogen (secondary N) is 1. The van der Waals surface area contributed by atoms with Crippen molar-refractivity contribution in [2.24, 2.45) is 5.73 Å². The number of para-hydroxylation sites is 1. The largest absolute Gasteiger partial charge is 0.496 e. The summed E-state index contributed by atoms with van der Waals surface area (Å²) < 4.78 is 7.38. The Bertz CT molecular complexity index is 1260. The van der Waals surface area contributed by atoms with Crippen LogP contribution in [0.1, 0.15) is 11.5 Å². The number of hydrogen-bond donors (Lipinski definition) is 2. The van der Waals surface area contributed by atoms with E-state index < -0.39 is 0 Å². The molecule has 1 amide bonds. The summed E-state index contributed by atoms with van der Waals surface area (Å²) in [5.41, 5.74) is 10.2. The number of hydrogen-bond acceptors (Lipinski definition) is 6. The van der Waals surface area contributed by atoms with Crippen LogP contribution in [0.3, 0.4) is 0 Å². The molecule has 3 heterocycles. The lowest BCUT2D eigenvalue weighted by molar-refractivity contribution is -0.120. The van der Waals surface area contributed by atoms with Crippen LogP contribution in [0.5, 0.6) is 5.75 Å². The van der Waals surface area contributed by atoms with Crippen LogP contribution in [0.2, 0.25) is 0 Å². The Hall–Kier alpha value is -3.91. The van der Waals surface area contributed by atoms with E-state index in [1.54, 1.807) is 13.3 Å². The maximum Gasteiger partial charge on any atom is 0.245 e. The average molecular weight is 428 g/mol. The second kappa shape index (κ2) is 8.32. The lowest BCUT2D eigenvalue weighted by atomic mass is 9.91. The number of carbonyl (C=O) groups is 1. The maximum atomic E-state index is 11.0. The average Bonchev–Trinajstić information content (AvgIpc) is 3.19. The van der Waals surface area contributed by atoms with Crippen molar-refractivity contribution < 1.29 is 9.53 Å². The quantitative estimate of drug-likeness (QED) is 0.470. The molecule has 8 nitrogen and oxygen atoms in total. The van der Waals surface area contributed by atoms with Crippen LogP contribution in [0.25, 0.3) is 16.8 Å². The van der Waals surface area contributed by atoms with Gasteiger partial charge in [0, 0.05) is 30.3 Å². The first-order valence-electron chi connectivity index (χ1n) is 10.5. The Kier molecular flexibility index (Phi) is 5.20. The van der Waals surface area contributed by atoms with Crippen LogP contribution in [0.4, 0.5) is 11.6 Å². The van der Waals surface area contributed by atoms with Gasteiger partial charge >= 0.3 is 0 Å². The Labute approximate surface area is 185 Å². The van der Waals surface area contributed by atoms with Gasteiger partial charge in [-0.25, -0.2) is 9.50 Å². The summed E-state index contributed by atoms with van der Waals surface area (Å²) >= 11 is 0. The van der Waals surface area contributed by atoms with Crippen LogP contribution in [0.15, 0.2) is 66.9 Å². The number of methoxy groups -OCH3 is 1. The fourth-order valence-corrected chi connectivity index (χ4v) is 4.12. The summed E-state index contributed by atoms with van der Waals surface area (Å²) in [6, 6.07) is 20.1. The first kappa shape index (κ1) is 20.0. The summed E-state index contributed by atoms with van der Waals surface area (Å²) in [4.78, 5) is 17.5. The van der Waals surface area contributed by atoms with Crippen molar-refractivity contribution in [1.29, 1.82) is 0 Å². The molecule has 0 unspecified atom stereocenters. The van der Waals surface area contributed by atoms with E-state index in [4.69, 9.17) is 15.6 Å². The molecule has 0 radical (unpaired) electrons. The number of fused-ring (bicyclic) bond motifs is 1. The zero-order chi connectivity index (χ0) is 22.1. The SMILES string of the molecule is COc1ccccc1-c1ccc2cnc(Nc3ccc(C4CN(CC(N)=O)C4)cc3)nn12. The topological polar surface area (TPSA) is 97.8 Å². The van der Waals surface area contributed by atoms with Gasteiger partial charge in [0.15, 0.2) is 0 Å². The number of benzene rings is 2. The highest BCUT2D eigenvalue weighted by atomic mass is 16.5. The zero-order valence-electron chi connectivity index (χ0n) is 17.7. The van der Waals surface area contributed by atoms with E-state index in [0.717, 1.165) is 41.3 Å². The minimum absolute atomic E-state index is 0.281. The van der Waals surface area contributed by atoms with E-state index in [2.05, 4.69) is 27.3 Å².